The summed E-state index contributed by atoms with van der Waals surface area (Å²) in [6.45, 7) is 15.8. The average Bonchev–Trinajstić information content (AvgIpc) is 2.30. The molecule has 102 valence electrons. The lowest BCUT2D eigenvalue weighted by Gasteiger charge is -1.86. The molecule has 16 heavy (non-hydrogen) atoms. The summed E-state index contributed by atoms with van der Waals surface area (Å²) < 4.78 is 9.67. The molecule has 0 aromatic rings. The Hall–Kier alpha value is -0.0800. The standard InChI is InChI=1S/C6H14.2C4H10O/c1-3-5-6-4-2;2*1-3-5-4-2/h3-6H2,1-2H3;2*3-4H2,1-2H3. The maximum atomic E-state index is 4.83. The first kappa shape index (κ1) is 21.2. The monoisotopic (exact) mass is 234 g/mol. The lowest BCUT2D eigenvalue weighted by atomic mass is 10.2. The summed E-state index contributed by atoms with van der Waals surface area (Å²) in [5.41, 5.74) is 0. The van der Waals surface area contributed by atoms with Crippen LogP contribution in [0.1, 0.15) is 67.2 Å². The Balaban J connectivity index is -0.000000160. The molecule has 0 saturated carbocycles. The fourth-order valence-electron chi connectivity index (χ4n) is 0.908. The summed E-state index contributed by atoms with van der Waals surface area (Å²) in [7, 11) is 0. The van der Waals surface area contributed by atoms with Gasteiger partial charge < -0.3 is 9.47 Å². The summed E-state index contributed by atoms with van der Waals surface area (Å²) in [5, 5.41) is 0. The van der Waals surface area contributed by atoms with Gasteiger partial charge in [-0.3, -0.25) is 0 Å². The molecule has 0 bridgehead atoms. The predicted octanol–water partition coefficient (Wildman–Crippen LogP) is 4.67. The van der Waals surface area contributed by atoms with Gasteiger partial charge in [0.15, 0.2) is 0 Å². The predicted molar refractivity (Wildman–Crippen MR) is 74.2 cm³/mol. The van der Waals surface area contributed by atoms with Crippen LogP contribution < -0.4 is 0 Å². The smallest absolute Gasteiger partial charge is 0.0437 e. The molecule has 0 aliphatic carbocycles. The third-order valence-electron chi connectivity index (χ3n) is 1.77. The Morgan fingerprint density at radius 1 is 0.500 bits per heavy atom. The number of rotatable bonds is 7. The van der Waals surface area contributed by atoms with E-state index >= 15 is 0 Å². The summed E-state index contributed by atoms with van der Waals surface area (Å²) in [4.78, 5) is 0. The zero-order chi connectivity index (χ0) is 13.1. The summed E-state index contributed by atoms with van der Waals surface area (Å²) >= 11 is 0. The van der Waals surface area contributed by atoms with Crippen LogP contribution in [0.2, 0.25) is 0 Å². The first-order valence-corrected chi connectivity index (χ1v) is 6.90. The molecule has 0 rings (SSSR count). The molecule has 2 nitrogen and oxygen atoms in total. The molecule has 0 saturated heterocycles. The Kier molecular flexibility index (Phi) is 39.0. The Morgan fingerprint density at radius 2 is 0.750 bits per heavy atom. The van der Waals surface area contributed by atoms with E-state index in [9.17, 15) is 0 Å². The molecule has 0 aromatic carbocycles. The van der Waals surface area contributed by atoms with Gasteiger partial charge in [-0.1, -0.05) is 39.5 Å². The van der Waals surface area contributed by atoms with Crippen molar-refractivity contribution in [2.24, 2.45) is 0 Å². The van der Waals surface area contributed by atoms with Crippen molar-refractivity contribution in [2.75, 3.05) is 26.4 Å². The first-order valence-electron chi connectivity index (χ1n) is 6.90. The molecule has 0 amide bonds. The Bertz CT molecular complexity index is 61.1. The van der Waals surface area contributed by atoms with Crippen molar-refractivity contribution in [1.82, 2.24) is 0 Å². The highest BCUT2D eigenvalue weighted by Crippen LogP contribution is 1.95. The van der Waals surface area contributed by atoms with E-state index in [0.29, 0.717) is 0 Å². The topological polar surface area (TPSA) is 18.5 Å². The quantitative estimate of drug-likeness (QED) is 0.596. The van der Waals surface area contributed by atoms with Crippen LogP contribution in [-0.4, -0.2) is 26.4 Å². The second-order valence-electron chi connectivity index (χ2n) is 3.27. The molecule has 0 unspecified atom stereocenters. The molecule has 0 aliphatic heterocycles. The van der Waals surface area contributed by atoms with Crippen molar-refractivity contribution in [1.29, 1.82) is 0 Å². The van der Waals surface area contributed by atoms with Crippen LogP contribution in [0.4, 0.5) is 0 Å². The fourth-order valence-corrected chi connectivity index (χ4v) is 0.908. The van der Waals surface area contributed by atoms with Crippen LogP contribution in [0.15, 0.2) is 0 Å². The molecule has 0 N–H and O–H groups in total. The van der Waals surface area contributed by atoms with E-state index in [1.54, 1.807) is 0 Å². The van der Waals surface area contributed by atoms with Crippen LogP contribution in [0, 0.1) is 0 Å². The number of hydrogen-bond acceptors (Lipinski definition) is 2. The van der Waals surface area contributed by atoms with Gasteiger partial charge >= 0.3 is 0 Å². The van der Waals surface area contributed by atoms with Gasteiger partial charge in [0.05, 0.1) is 0 Å². The van der Waals surface area contributed by atoms with E-state index < -0.39 is 0 Å². The van der Waals surface area contributed by atoms with Crippen LogP contribution in [0.25, 0.3) is 0 Å². The zero-order valence-electron chi connectivity index (χ0n) is 12.5. The van der Waals surface area contributed by atoms with Crippen molar-refractivity contribution in [3.63, 3.8) is 0 Å². The van der Waals surface area contributed by atoms with E-state index in [0.717, 1.165) is 26.4 Å². The molecule has 0 atom stereocenters. The van der Waals surface area contributed by atoms with Crippen molar-refractivity contribution in [2.45, 2.75) is 67.2 Å². The highest BCUT2D eigenvalue weighted by atomic mass is 16.5. The SMILES string of the molecule is CCCCCC.CCOCC.CCOCC. The van der Waals surface area contributed by atoms with E-state index in [4.69, 9.17) is 9.47 Å². The summed E-state index contributed by atoms with van der Waals surface area (Å²) in [5.74, 6) is 0. The Morgan fingerprint density at radius 3 is 0.812 bits per heavy atom. The Labute approximate surface area is 104 Å². The van der Waals surface area contributed by atoms with Crippen LogP contribution >= 0.6 is 0 Å². The van der Waals surface area contributed by atoms with E-state index in [-0.39, 0.29) is 0 Å². The van der Waals surface area contributed by atoms with Gasteiger partial charge in [-0.05, 0) is 27.7 Å². The second kappa shape index (κ2) is 29.4. The fraction of sp³-hybridized carbons (Fsp3) is 1.00. The molecule has 0 spiro atoms. The lowest BCUT2D eigenvalue weighted by Crippen LogP contribution is -1.84. The summed E-state index contributed by atoms with van der Waals surface area (Å²) in [6.07, 6.45) is 5.54. The summed E-state index contributed by atoms with van der Waals surface area (Å²) in [6, 6.07) is 0. The van der Waals surface area contributed by atoms with Gasteiger partial charge in [0.2, 0.25) is 0 Å². The van der Waals surface area contributed by atoms with E-state index in [1.165, 1.54) is 25.7 Å². The molecule has 0 heterocycles. The molecule has 0 radical (unpaired) electrons. The van der Waals surface area contributed by atoms with E-state index in [2.05, 4.69) is 13.8 Å². The molecule has 0 aromatic heterocycles. The van der Waals surface area contributed by atoms with Gasteiger partial charge in [-0.15, -0.1) is 0 Å². The highest BCUT2D eigenvalue weighted by Gasteiger charge is 1.75. The largest absolute Gasteiger partial charge is 0.382 e. The minimum atomic E-state index is 0.844. The average molecular weight is 234 g/mol. The van der Waals surface area contributed by atoms with Gasteiger partial charge in [0.25, 0.3) is 0 Å². The van der Waals surface area contributed by atoms with Crippen molar-refractivity contribution in [3.8, 4) is 0 Å². The number of unbranched alkanes of at least 4 members (excludes halogenated alkanes) is 3. The second-order valence-corrected chi connectivity index (χ2v) is 3.27. The van der Waals surface area contributed by atoms with E-state index in [1.807, 2.05) is 27.7 Å². The van der Waals surface area contributed by atoms with Gasteiger partial charge in [0.1, 0.15) is 0 Å². The highest BCUT2D eigenvalue weighted by molar-refractivity contribution is 4.31. The molecule has 0 fully saturated rings. The van der Waals surface area contributed by atoms with Crippen molar-refractivity contribution < 1.29 is 9.47 Å². The third-order valence-corrected chi connectivity index (χ3v) is 1.77. The molecule has 2 heteroatoms. The minimum Gasteiger partial charge on any atom is -0.382 e. The number of ether oxygens (including phenoxy) is 2. The lowest BCUT2D eigenvalue weighted by molar-refractivity contribution is 0.162. The molecule has 0 aliphatic rings. The van der Waals surface area contributed by atoms with Crippen molar-refractivity contribution in [3.05, 3.63) is 0 Å². The first-order chi connectivity index (χ1) is 7.74. The van der Waals surface area contributed by atoms with Gasteiger partial charge in [0, 0.05) is 26.4 Å². The molecular weight excluding hydrogens is 200 g/mol. The number of hydrogen-bond donors (Lipinski definition) is 0. The van der Waals surface area contributed by atoms with Gasteiger partial charge in [-0.25, -0.2) is 0 Å². The van der Waals surface area contributed by atoms with Crippen molar-refractivity contribution >= 4 is 0 Å². The molecular formula is C14H34O2. The maximum Gasteiger partial charge on any atom is 0.0437 e. The third kappa shape index (κ3) is 48.5. The maximum absolute atomic E-state index is 4.83. The normalized spacial score (nSPS) is 8.62. The van der Waals surface area contributed by atoms with Crippen LogP contribution in [0.5, 0.6) is 0 Å². The van der Waals surface area contributed by atoms with Crippen LogP contribution in [0.3, 0.4) is 0 Å². The van der Waals surface area contributed by atoms with Gasteiger partial charge in [-0.2, -0.15) is 0 Å². The minimum absolute atomic E-state index is 0.844. The zero-order valence-corrected chi connectivity index (χ0v) is 12.5. The van der Waals surface area contributed by atoms with Crippen LogP contribution in [-0.2, 0) is 9.47 Å².